The highest BCUT2D eigenvalue weighted by molar-refractivity contribution is 5.29. The average molecular weight is 278 g/mol. The Labute approximate surface area is 123 Å². The van der Waals surface area contributed by atoms with Gasteiger partial charge < -0.3 is 9.47 Å². The summed E-state index contributed by atoms with van der Waals surface area (Å²) in [6.45, 7) is 14.1. The van der Waals surface area contributed by atoms with Crippen molar-refractivity contribution in [2.45, 2.75) is 91.1 Å². The maximum atomic E-state index is 6.45. The molecule has 2 heteroatoms. The molecule has 0 amide bonds. The van der Waals surface area contributed by atoms with Gasteiger partial charge in [-0.2, -0.15) is 0 Å². The first-order chi connectivity index (χ1) is 9.07. The minimum Gasteiger partial charge on any atom is -0.344 e. The SMILES string of the molecule is CC1(C)O[C@H]2C[C@]3(C)CCCC(C)(C)[C@@]34C[C@H]4[C@@]2(C)O1. The number of fused-ring (bicyclic) bond motifs is 2. The van der Waals surface area contributed by atoms with Gasteiger partial charge in [0.05, 0.1) is 11.7 Å². The Kier molecular flexibility index (Phi) is 2.24. The van der Waals surface area contributed by atoms with Crippen LogP contribution in [-0.4, -0.2) is 17.5 Å². The third kappa shape index (κ3) is 1.30. The normalized spacial score (nSPS) is 58.5. The first kappa shape index (κ1) is 13.6. The highest BCUT2D eigenvalue weighted by Gasteiger charge is 2.81. The average Bonchev–Trinajstić information content (AvgIpc) is 2.97. The van der Waals surface area contributed by atoms with Gasteiger partial charge in [-0.1, -0.05) is 27.2 Å². The van der Waals surface area contributed by atoms with Crippen LogP contribution in [0.2, 0.25) is 0 Å². The highest BCUT2D eigenvalue weighted by atomic mass is 16.8. The van der Waals surface area contributed by atoms with Crippen molar-refractivity contribution in [3.8, 4) is 0 Å². The van der Waals surface area contributed by atoms with E-state index in [4.69, 9.17) is 9.47 Å². The van der Waals surface area contributed by atoms with Crippen LogP contribution in [0.3, 0.4) is 0 Å². The van der Waals surface area contributed by atoms with Crippen molar-refractivity contribution in [3.63, 3.8) is 0 Å². The molecule has 1 heterocycles. The van der Waals surface area contributed by atoms with E-state index in [1.807, 2.05) is 0 Å². The van der Waals surface area contributed by atoms with Crippen molar-refractivity contribution >= 4 is 0 Å². The van der Waals surface area contributed by atoms with Gasteiger partial charge in [-0.15, -0.1) is 0 Å². The molecular formula is C18H30O2. The first-order valence-electron chi connectivity index (χ1n) is 8.44. The van der Waals surface area contributed by atoms with Crippen LogP contribution < -0.4 is 0 Å². The molecule has 0 aromatic heterocycles. The van der Waals surface area contributed by atoms with E-state index >= 15 is 0 Å². The van der Waals surface area contributed by atoms with Crippen LogP contribution in [-0.2, 0) is 9.47 Å². The quantitative estimate of drug-likeness (QED) is 0.648. The molecule has 0 N–H and O–H groups in total. The number of ether oxygens (including phenoxy) is 2. The van der Waals surface area contributed by atoms with E-state index in [1.54, 1.807) is 0 Å². The Bertz CT molecular complexity index is 468. The Morgan fingerprint density at radius 2 is 1.60 bits per heavy atom. The van der Waals surface area contributed by atoms with Crippen LogP contribution in [0.15, 0.2) is 0 Å². The lowest BCUT2D eigenvalue weighted by Crippen LogP contribution is -2.57. The molecule has 0 bridgehead atoms. The highest BCUT2D eigenvalue weighted by Crippen LogP contribution is 2.83. The van der Waals surface area contributed by atoms with Crippen molar-refractivity contribution in [1.82, 2.24) is 0 Å². The fraction of sp³-hybridized carbons (Fsp3) is 1.00. The fourth-order valence-corrected chi connectivity index (χ4v) is 6.87. The number of hydrogen-bond acceptors (Lipinski definition) is 2. The summed E-state index contributed by atoms with van der Waals surface area (Å²) >= 11 is 0. The summed E-state index contributed by atoms with van der Waals surface area (Å²) in [5.74, 6) is 0.285. The van der Waals surface area contributed by atoms with Crippen LogP contribution in [0.1, 0.15) is 73.6 Å². The summed E-state index contributed by atoms with van der Waals surface area (Å²) in [6, 6.07) is 0. The molecule has 1 saturated heterocycles. The van der Waals surface area contributed by atoms with Crippen molar-refractivity contribution in [2.24, 2.45) is 22.2 Å². The summed E-state index contributed by atoms with van der Waals surface area (Å²) in [7, 11) is 0. The Morgan fingerprint density at radius 1 is 0.900 bits per heavy atom. The molecule has 20 heavy (non-hydrogen) atoms. The van der Waals surface area contributed by atoms with Gasteiger partial charge in [-0.25, -0.2) is 0 Å². The van der Waals surface area contributed by atoms with Gasteiger partial charge in [0, 0.05) is 0 Å². The van der Waals surface area contributed by atoms with Crippen molar-refractivity contribution in [1.29, 1.82) is 0 Å². The fourth-order valence-electron chi connectivity index (χ4n) is 6.87. The standard InChI is InChI=1S/C18H30O2/c1-14(2)8-7-9-16(5)11-13-17(6,12-10-18(12,14)16)20-15(3,4)19-13/h12-13H,7-11H2,1-6H3/t12-,13-,16-,17+,18-/m0/s1. The van der Waals surface area contributed by atoms with E-state index in [0.29, 0.717) is 22.2 Å². The molecule has 0 aromatic rings. The molecule has 2 nitrogen and oxygen atoms in total. The van der Waals surface area contributed by atoms with E-state index in [2.05, 4.69) is 41.5 Å². The molecular weight excluding hydrogens is 248 g/mol. The molecule has 114 valence electrons. The summed E-state index contributed by atoms with van der Waals surface area (Å²) < 4.78 is 12.8. The topological polar surface area (TPSA) is 18.5 Å². The zero-order valence-electron chi connectivity index (χ0n) is 14.0. The third-order valence-electron chi connectivity index (χ3n) is 7.63. The van der Waals surface area contributed by atoms with Crippen LogP contribution in [0.5, 0.6) is 0 Å². The lowest BCUT2D eigenvalue weighted by molar-refractivity contribution is -0.168. The van der Waals surface area contributed by atoms with Gasteiger partial charge in [0.1, 0.15) is 0 Å². The van der Waals surface area contributed by atoms with Gasteiger partial charge in [-0.05, 0) is 68.6 Å². The second-order valence-electron chi connectivity index (χ2n) is 9.52. The summed E-state index contributed by atoms with van der Waals surface area (Å²) in [5.41, 5.74) is 1.34. The molecule has 0 aromatic carbocycles. The minimum absolute atomic E-state index is 0.0579. The van der Waals surface area contributed by atoms with Crippen LogP contribution in [0.4, 0.5) is 0 Å². The summed E-state index contributed by atoms with van der Waals surface area (Å²) in [6.07, 6.45) is 6.96. The molecule has 4 rings (SSSR count). The molecule has 4 fully saturated rings. The van der Waals surface area contributed by atoms with E-state index in [-0.39, 0.29) is 11.7 Å². The Hall–Kier alpha value is -0.0800. The molecule has 3 saturated carbocycles. The zero-order chi connectivity index (χ0) is 14.6. The number of rotatable bonds is 0. The summed E-state index contributed by atoms with van der Waals surface area (Å²) in [4.78, 5) is 0. The van der Waals surface area contributed by atoms with Gasteiger partial charge in [0.2, 0.25) is 0 Å². The lowest BCUT2D eigenvalue weighted by Gasteiger charge is -2.58. The van der Waals surface area contributed by atoms with Gasteiger partial charge in [-0.3, -0.25) is 0 Å². The maximum Gasteiger partial charge on any atom is 0.164 e. The molecule has 1 aliphatic heterocycles. The molecule has 0 radical (unpaired) electrons. The number of hydrogen-bond donors (Lipinski definition) is 0. The lowest BCUT2D eigenvalue weighted by atomic mass is 9.47. The molecule has 1 spiro atoms. The molecule has 5 atom stereocenters. The largest absolute Gasteiger partial charge is 0.344 e. The minimum atomic E-state index is -0.406. The zero-order valence-corrected chi connectivity index (χ0v) is 14.0. The van der Waals surface area contributed by atoms with Crippen molar-refractivity contribution in [2.75, 3.05) is 0 Å². The maximum absolute atomic E-state index is 6.45. The Balaban J connectivity index is 1.80. The second kappa shape index (κ2) is 3.30. The third-order valence-corrected chi connectivity index (χ3v) is 7.63. The predicted molar refractivity (Wildman–Crippen MR) is 79.3 cm³/mol. The summed E-state index contributed by atoms with van der Waals surface area (Å²) in [5, 5.41) is 0. The van der Waals surface area contributed by atoms with Crippen LogP contribution in [0.25, 0.3) is 0 Å². The van der Waals surface area contributed by atoms with Gasteiger partial charge in [0.25, 0.3) is 0 Å². The molecule has 0 unspecified atom stereocenters. The van der Waals surface area contributed by atoms with E-state index < -0.39 is 5.79 Å². The van der Waals surface area contributed by atoms with Crippen molar-refractivity contribution in [3.05, 3.63) is 0 Å². The second-order valence-corrected chi connectivity index (χ2v) is 9.52. The monoisotopic (exact) mass is 278 g/mol. The van der Waals surface area contributed by atoms with Gasteiger partial charge >= 0.3 is 0 Å². The Morgan fingerprint density at radius 3 is 2.30 bits per heavy atom. The molecule has 3 aliphatic carbocycles. The van der Waals surface area contributed by atoms with Crippen molar-refractivity contribution < 1.29 is 9.47 Å². The van der Waals surface area contributed by atoms with Gasteiger partial charge in [0.15, 0.2) is 5.79 Å². The smallest absolute Gasteiger partial charge is 0.164 e. The molecule has 4 aliphatic rings. The predicted octanol–water partition coefficient (Wildman–Crippen LogP) is 4.52. The van der Waals surface area contributed by atoms with Crippen LogP contribution >= 0.6 is 0 Å². The van der Waals surface area contributed by atoms with Crippen LogP contribution in [0, 0.1) is 22.2 Å². The van der Waals surface area contributed by atoms with E-state index in [9.17, 15) is 0 Å². The van der Waals surface area contributed by atoms with E-state index in [0.717, 1.165) is 0 Å². The first-order valence-corrected chi connectivity index (χ1v) is 8.44. The van der Waals surface area contributed by atoms with E-state index in [1.165, 1.54) is 32.1 Å².